The van der Waals surface area contributed by atoms with Crippen molar-refractivity contribution in [3.8, 4) is 0 Å². The molecule has 0 amide bonds. The normalized spacial score (nSPS) is 28.8. The third-order valence-corrected chi connectivity index (χ3v) is 5.95. The highest BCUT2D eigenvalue weighted by molar-refractivity contribution is 5.81. The van der Waals surface area contributed by atoms with Crippen molar-refractivity contribution >= 4 is 5.97 Å². The number of rotatable bonds is 6. The minimum atomic E-state index is -0.859. The molecule has 1 N–H and O–H groups in total. The Bertz CT molecular complexity index is 775. The molecule has 6 heteroatoms. The number of hydrogen-bond donors (Lipinski definition) is 1. The molecule has 2 fully saturated rings. The summed E-state index contributed by atoms with van der Waals surface area (Å²) in [7, 11) is 1.85. The van der Waals surface area contributed by atoms with Crippen LogP contribution in [0.4, 0.5) is 0 Å². The monoisotopic (exact) mass is 355 g/mol. The van der Waals surface area contributed by atoms with Crippen molar-refractivity contribution < 1.29 is 14.6 Å². The smallest absolute Gasteiger partial charge is 0.314 e. The maximum absolute atomic E-state index is 12.2. The molecule has 2 saturated carbocycles. The second-order valence-electron chi connectivity index (χ2n) is 7.74. The van der Waals surface area contributed by atoms with Gasteiger partial charge in [-0.3, -0.25) is 9.48 Å². The molecule has 0 bridgehead atoms. The van der Waals surface area contributed by atoms with Crippen LogP contribution in [0.1, 0.15) is 49.9 Å². The zero-order chi connectivity index (χ0) is 18.2. The van der Waals surface area contributed by atoms with Gasteiger partial charge in [0.15, 0.2) is 5.82 Å². The first-order valence-corrected chi connectivity index (χ1v) is 9.33. The molecule has 1 aromatic heterocycles. The number of ether oxygens (including phenoxy) is 1. The van der Waals surface area contributed by atoms with Crippen molar-refractivity contribution in [1.29, 1.82) is 0 Å². The average molecular weight is 355 g/mol. The van der Waals surface area contributed by atoms with Gasteiger partial charge in [0.05, 0.1) is 12.0 Å². The molecular weight excluding hydrogens is 330 g/mol. The number of nitrogens with zero attached hydrogens (tertiary/aromatic N) is 3. The first-order chi connectivity index (χ1) is 12.5. The molecule has 0 spiro atoms. The predicted octanol–water partition coefficient (Wildman–Crippen LogP) is 3.03. The standard InChI is InChI=1S/C20H25N3O3/c1-23-14-21-17(22-23)20(26-13-15-7-8-15)11-9-19(10-12-20,18(24)25)16-5-3-2-4-6-16/h2-6,14-15H,7-13H2,1H3,(H,24,25). The number of aliphatic carboxylic acids is 1. The van der Waals surface area contributed by atoms with Crippen LogP contribution < -0.4 is 0 Å². The van der Waals surface area contributed by atoms with Crippen molar-refractivity contribution in [3.05, 3.63) is 48.0 Å². The fourth-order valence-electron chi connectivity index (χ4n) is 4.01. The predicted molar refractivity (Wildman–Crippen MR) is 95.6 cm³/mol. The summed E-state index contributed by atoms with van der Waals surface area (Å²) >= 11 is 0. The van der Waals surface area contributed by atoms with Gasteiger partial charge in [0.1, 0.15) is 11.9 Å². The molecule has 2 aromatic rings. The van der Waals surface area contributed by atoms with E-state index in [1.807, 2.05) is 37.4 Å². The van der Waals surface area contributed by atoms with Crippen molar-refractivity contribution in [2.75, 3.05) is 6.61 Å². The van der Waals surface area contributed by atoms with E-state index >= 15 is 0 Å². The average Bonchev–Trinajstić information content (AvgIpc) is 3.39. The minimum absolute atomic E-state index is 0.523. The lowest BCUT2D eigenvalue weighted by Crippen LogP contribution is -2.46. The number of carboxylic acid groups (broad SMARTS) is 1. The minimum Gasteiger partial charge on any atom is -0.481 e. The highest BCUT2D eigenvalue weighted by Gasteiger charge is 2.51. The maximum Gasteiger partial charge on any atom is 0.314 e. The quantitative estimate of drug-likeness (QED) is 0.862. The van der Waals surface area contributed by atoms with Gasteiger partial charge in [0.2, 0.25) is 0 Å². The van der Waals surface area contributed by atoms with E-state index in [9.17, 15) is 9.90 Å². The summed E-state index contributed by atoms with van der Waals surface area (Å²) < 4.78 is 8.06. The number of carbonyl (C=O) groups is 1. The zero-order valence-corrected chi connectivity index (χ0v) is 15.1. The summed E-state index contributed by atoms with van der Waals surface area (Å²) in [5, 5.41) is 14.5. The van der Waals surface area contributed by atoms with E-state index in [0.717, 1.165) is 5.56 Å². The second kappa shape index (κ2) is 6.50. The Labute approximate surface area is 153 Å². The summed E-state index contributed by atoms with van der Waals surface area (Å²) in [5.41, 5.74) is -0.558. The molecule has 138 valence electrons. The van der Waals surface area contributed by atoms with E-state index in [-0.39, 0.29) is 0 Å². The lowest BCUT2D eigenvalue weighted by atomic mass is 9.65. The fourth-order valence-corrected chi connectivity index (χ4v) is 4.01. The van der Waals surface area contributed by atoms with Crippen LogP contribution in [-0.2, 0) is 27.6 Å². The first-order valence-electron chi connectivity index (χ1n) is 9.33. The van der Waals surface area contributed by atoms with Crippen molar-refractivity contribution in [1.82, 2.24) is 14.8 Å². The van der Waals surface area contributed by atoms with Crippen LogP contribution in [0, 0.1) is 5.92 Å². The summed E-state index contributed by atoms with van der Waals surface area (Å²) in [5.74, 6) is 0.567. The molecule has 26 heavy (non-hydrogen) atoms. The van der Waals surface area contributed by atoms with Gasteiger partial charge in [-0.1, -0.05) is 30.3 Å². The van der Waals surface area contributed by atoms with Gasteiger partial charge in [-0.2, -0.15) is 5.10 Å². The Hall–Kier alpha value is -2.21. The Kier molecular flexibility index (Phi) is 4.31. The maximum atomic E-state index is 12.2. The van der Waals surface area contributed by atoms with Crippen molar-refractivity contribution in [2.45, 2.75) is 49.5 Å². The molecule has 0 atom stereocenters. The highest BCUT2D eigenvalue weighted by Crippen LogP contribution is 2.49. The van der Waals surface area contributed by atoms with E-state index in [1.165, 1.54) is 12.8 Å². The van der Waals surface area contributed by atoms with Gasteiger partial charge in [0, 0.05) is 7.05 Å². The lowest BCUT2D eigenvalue weighted by Gasteiger charge is -2.43. The summed E-state index contributed by atoms with van der Waals surface area (Å²) in [6, 6.07) is 9.58. The molecule has 1 aromatic carbocycles. The van der Waals surface area contributed by atoms with Gasteiger partial charge in [0.25, 0.3) is 0 Å². The van der Waals surface area contributed by atoms with Crippen LogP contribution in [0.3, 0.4) is 0 Å². The number of benzene rings is 1. The largest absolute Gasteiger partial charge is 0.481 e. The highest BCUT2D eigenvalue weighted by atomic mass is 16.5. The van der Waals surface area contributed by atoms with Gasteiger partial charge >= 0.3 is 5.97 Å². The summed E-state index contributed by atoms with van der Waals surface area (Å²) in [4.78, 5) is 16.7. The molecule has 0 aliphatic heterocycles. The summed E-state index contributed by atoms with van der Waals surface area (Å²) in [6.45, 7) is 0.712. The third kappa shape index (κ3) is 3.03. The molecule has 2 aliphatic rings. The molecule has 0 saturated heterocycles. The van der Waals surface area contributed by atoms with E-state index in [2.05, 4.69) is 10.1 Å². The number of hydrogen-bond acceptors (Lipinski definition) is 4. The summed E-state index contributed by atoms with van der Waals surface area (Å²) in [6.07, 6.45) is 6.40. The lowest BCUT2D eigenvalue weighted by molar-refractivity contribution is -0.151. The Morgan fingerprint density at radius 3 is 2.46 bits per heavy atom. The van der Waals surface area contributed by atoms with Crippen LogP contribution >= 0.6 is 0 Å². The van der Waals surface area contributed by atoms with Crippen LogP contribution in [0.5, 0.6) is 0 Å². The molecule has 0 radical (unpaired) electrons. The van der Waals surface area contributed by atoms with E-state index in [1.54, 1.807) is 11.0 Å². The fraction of sp³-hybridized carbons (Fsp3) is 0.550. The topological polar surface area (TPSA) is 77.2 Å². The molecule has 0 unspecified atom stereocenters. The van der Waals surface area contributed by atoms with Gasteiger partial charge in [-0.25, -0.2) is 4.98 Å². The van der Waals surface area contributed by atoms with Crippen molar-refractivity contribution in [3.63, 3.8) is 0 Å². The van der Waals surface area contributed by atoms with E-state index in [4.69, 9.17) is 4.74 Å². The SMILES string of the molecule is Cn1cnc(C2(OCC3CC3)CCC(C(=O)O)(c3ccccc3)CC2)n1. The molecule has 1 heterocycles. The molecule has 4 rings (SSSR count). The van der Waals surface area contributed by atoms with E-state index in [0.29, 0.717) is 44.0 Å². The van der Waals surface area contributed by atoms with Crippen LogP contribution in [0.25, 0.3) is 0 Å². The van der Waals surface area contributed by atoms with Gasteiger partial charge < -0.3 is 9.84 Å². The van der Waals surface area contributed by atoms with Crippen molar-refractivity contribution in [2.24, 2.45) is 13.0 Å². The number of aromatic nitrogens is 3. The Morgan fingerprint density at radius 1 is 1.23 bits per heavy atom. The zero-order valence-electron chi connectivity index (χ0n) is 15.1. The molecular formula is C20H25N3O3. The third-order valence-electron chi connectivity index (χ3n) is 5.95. The number of carboxylic acids is 1. The van der Waals surface area contributed by atoms with Gasteiger partial charge in [-0.15, -0.1) is 0 Å². The molecule has 2 aliphatic carbocycles. The second-order valence-corrected chi connectivity index (χ2v) is 7.74. The van der Waals surface area contributed by atoms with Crippen LogP contribution in [-0.4, -0.2) is 32.4 Å². The molecule has 6 nitrogen and oxygen atoms in total. The van der Waals surface area contributed by atoms with E-state index < -0.39 is 17.0 Å². The number of aryl methyl sites for hydroxylation is 1. The van der Waals surface area contributed by atoms with Crippen LogP contribution in [0.2, 0.25) is 0 Å². The Balaban J connectivity index is 1.62. The van der Waals surface area contributed by atoms with Crippen LogP contribution in [0.15, 0.2) is 36.7 Å². The Morgan fingerprint density at radius 2 is 1.92 bits per heavy atom. The first kappa shape index (κ1) is 17.2. The van der Waals surface area contributed by atoms with Gasteiger partial charge in [-0.05, 0) is 50.0 Å².